The maximum absolute atomic E-state index is 8.60. The van der Waals surface area contributed by atoms with Gasteiger partial charge in [0.1, 0.15) is 5.72 Å². The normalized spacial score (nSPS) is 17.1. The van der Waals surface area contributed by atoms with Crippen LogP contribution in [0.2, 0.25) is 0 Å². The largest absolute Gasteiger partial charge is 0.376 e. The van der Waals surface area contributed by atoms with E-state index in [9.17, 15) is 0 Å². The zero-order chi connectivity index (χ0) is 5.21. The van der Waals surface area contributed by atoms with Gasteiger partial charge in [0.05, 0.1) is 0 Å². The van der Waals surface area contributed by atoms with Crippen LogP contribution in [-0.4, -0.2) is 10.8 Å². The van der Waals surface area contributed by atoms with Crippen molar-refractivity contribution >= 4 is 0 Å². The number of aliphatic hydroxyl groups is 1. The topological polar surface area (TPSA) is 81.2 Å². The Labute approximate surface area is 44.1 Å². The fourth-order valence-electron chi connectivity index (χ4n) is 0. The third kappa shape index (κ3) is 10.7. The molecule has 0 aromatic rings. The molecule has 1 atom stereocenters. The Morgan fingerprint density at radius 2 is 1.86 bits per heavy atom. The maximum Gasteiger partial charge on any atom is 0.110 e. The standard InChI is InChI=1S/C4H11NO.H3N/c1-3-4(2,5)6;/h6H,3,5H2,1-2H3;1H3. The highest BCUT2D eigenvalue weighted by molar-refractivity contribution is 4.56. The van der Waals surface area contributed by atoms with E-state index in [1.165, 1.54) is 0 Å². The van der Waals surface area contributed by atoms with Crippen LogP contribution in [0.25, 0.3) is 0 Å². The molecule has 3 nitrogen and oxygen atoms in total. The average Bonchev–Trinajstić information content (AvgIpc) is 1.35. The molecule has 0 fully saturated rings. The Kier molecular flexibility index (Phi) is 4.22. The number of hydrogen-bond donors (Lipinski definition) is 3. The number of rotatable bonds is 1. The van der Waals surface area contributed by atoms with E-state index in [1.54, 1.807) is 6.92 Å². The van der Waals surface area contributed by atoms with E-state index in [1.807, 2.05) is 6.92 Å². The van der Waals surface area contributed by atoms with E-state index in [0.29, 0.717) is 6.42 Å². The smallest absolute Gasteiger partial charge is 0.110 e. The lowest BCUT2D eigenvalue weighted by Crippen LogP contribution is -2.34. The Hall–Kier alpha value is -0.120. The van der Waals surface area contributed by atoms with Gasteiger partial charge in [-0.15, -0.1) is 0 Å². The highest BCUT2D eigenvalue weighted by atomic mass is 16.3. The third-order valence-corrected chi connectivity index (χ3v) is 0.716. The van der Waals surface area contributed by atoms with E-state index in [-0.39, 0.29) is 6.15 Å². The molecule has 0 saturated heterocycles. The van der Waals surface area contributed by atoms with Gasteiger partial charge >= 0.3 is 0 Å². The zero-order valence-corrected chi connectivity index (χ0v) is 4.94. The van der Waals surface area contributed by atoms with Gasteiger partial charge < -0.3 is 17.0 Å². The van der Waals surface area contributed by atoms with Crippen molar-refractivity contribution in [2.75, 3.05) is 0 Å². The molecule has 0 rings (SSSR count). The van der Waals surface area contributed by atoms with Crippen LogP contribution in [0.5, 0.6) is 0 Å². The molecule has 0 saturated carbocycles. The van der Waals surface area contributed by atoms with Crippen LogP contribution < -0.4 is 11.9 Å². The Morgan fingerprint density at radius 3 is 1.86 bits per heavy atom. The summed E-state index contributed by atoms with van der Waals surface area (Å²) in [5, 5.41) is 8.60. The van der Waals surface area contributed by atoms with Crippen molar-refractivity contribution in [1.29, 1.82) is 0 Å². The molecule has 0 aliphatic rings. The molecule has 0 spiro atoms. The summed E-state index contributed by atoms with van der Waals surface area (Å²) in [5.41, 5.74) is 4.13. The molecule has 6 N–H and O–H groups in total. The first-order valence-corrected chi connectivity index (χ1v) is 2.07. The summed E-state index contributed by atoms with van der Waals surface area (Å²) in [6, 6.07) is 0. The summed E-state index contributed by atoms with van der Waals surface area (Å²) < 4.78 is 0. The molecule has 0 aliphatic heterocycles. The number of hydrogen-bond acceptors (Lipinski definition) is 3. The maximum atomic E-state index is 8.60. The molecule has 46 valence electrons. The summed E-state index contributed by atoms with van der Waals surface area (Å²) in [5.74, 6) is 0. The van der Waals surface area contributed by atoms with Gasteiger partial charge in [0.25, 0.3) is 0 Å². The second kappa shape index (κ2) is 2.96. The SMILES string of the molecule is CCC(C)(N)O.N. The van der Waals surface area contributed by atoms with Crippen molar-refractivity contribution in [3.63, 3.8) is 0 Å². The van der Waals surface area contributed by atoms with Crippen molar-refractivity contribution in [3.05, 3.63) is 0 Å². The zero-order valence-electron chi connectivity index (χ0n) is 4.94. The van der Waals surface area contributed by atoms with Crippen LogP contribution in [0, 0.1) is 0 Å². The van der Waals surface area contributed by atoms with Crippen LogP contribution in [0.15, 0.2) is 0 Å². The molecule has 0 amide bonds. The van der Waals surface area contributed by atoms with E-state index in [2.05, 4.69) is 0 Å². The van der Waals surface area contributed by atoms with E-state index in [0.717, 1.165) is 0 Å². The van der Waals surface area contributed by atoms with Gasteiger partial charge in [-0.3, -0.25) is 0 Å². The molecule has 0 bridgehead atoms. The Morgan fingerprint density at radius 1 is 1.71 bits per heavy atom. The van der Waals surface area contributed by atoms with E-state index < -0.39 is 5.72 Å². The molecule has 7 heavy (non-hydrogen) atoms. The second-order valence-corrected chi connectivity index (χ2v) is 1.71. The van der Waals surface area contributed by atoms with Crippen molar-refractivity contribution < 1.29 is 5.11 Å². The molecule has 0 aliphatic carbocycles. The van der Waals surface area contributed by atoms with Gasteiger partial charge in [0, 0.05) is 0 Å². The van der Waals surface area contributed by atoms with Crippen molar-refractivity contribution in [2.24, 2.45) is 5.73 Å². The molecule has 1 unspecified atom stereocenters. The minimum atomic E-state index is -0.958. The summed E-state index contributed by atoms with van der Waals surface area (Å²) in [4.78, 5) is 0. The van der Waals surface area contributed by atoms with Gasteiger partial charge in [0.15, 0.2) is 0 Å². The lowest BCUT2D eigenvalue weighted by molar-refractivity contribution is 0.0632. The van der Waals surface area contributed by atoms with Crippen molar-refractivity contribution in [2.45, 2.75) is 26.0 Å². The molecule has 0 heterocycles. The van der Waals surface area contributed by atoms with Crippen LogP contribution in [0.3, 0.4) is 0 Å². The molecule has 0 aromatic heterocycles. The second-order valence-electron chi connectivity index (χ2n) is 1.71. The third-order valence-electron chi connectivity index (χ3n) is 0.716. The molecule has 3 heteroatoms. The lowest BCUT2D eigenvalue weighted by atomic mass is 10.2. The predicted molar refractivity (Wildman–Crippen MR) is 30.1 cm³/mol. The molecule has 0 radical (unpaired) electrons. The molecular weight excluding hydrogens is 92.1 g/mol. The monoisotopic (exact) mass is 106 g/mol. The summed E-state index contributed by atoms with van der Waals surface area (Å²) >= 11 is 0. The van der Waals surface area contributed by atoms with Gasteiger partial charge in [-0.2, -0.15) is 0 Å². The first-order chi connectivity index (χ1) is 2.56. The van der Waals surface area contributed by atoms with Gasteiger partial charge in [-0.1, -0.05) is 6.92 Å². The molecule has 0 aromatic carbocycles. The lowest BCUT2D eigenvalue weighted by Gasteiger charge is -2.11. The summed E-state index contributed by atoms with van der Waals surface area (Å²) in [7, 11) is 0. The fourth-order valence-corrected chi connectivity index (χ4v) is 0. The highest BCUT2D eigenvalue weighted by Crippen LogP contribution is 1.94. The molecular formula is C4H14N2O. The van der Waals surface area contributed by atoms with Crippen LogP contribution >= 0.6 is 0 Å². The van der Waals surface area contributed by atoms with Gasteiger partial charge in [-0.25, -0.2) is 0 Å². The Bertz CT molecular complexity index is 39.4. The average molecular weight is 106 g/mol. The van der Waals surface area contributed by atoms with Crippen molar-refractivity contribution in [3.8, 4) is 0 Å². The van der Waals surface area contributed by atoms with Crippen LogP contribution in [-0.2, 0) is 0 Å². The summed E-state index contributed by atoms with van der Waals surface area (Å²) in [6.45, 7) is 3.41. The van der Waals surface area contributed by atoms with Gasteiger partial charge in [0.2, 0.25) is 0 Å². The predicted octanol–water partition coefficient (Wildman–Crippen LogP) is 0.226. The highest BCUT2D eigenvalue weighted by Gasteiger charge is 2.06. The summed E-state index contributed by atoms with van der Waals surface area (Å²) in [6.07, 6.45) is 0.604. The Balaban J connectivity index is 0. The minimum absolute atomic E-state index is 0. The van der Waals surface area contributed by atoms with Crippen molar-refractivity contribution in [1.82, 2.24) is 6.15 Å². The minimum Gasteiger partial charge on any atom is -0.376 e. The fraction of sp³-hybridized carbons (Fsp3) is 1.00. The van der Waals surface area contributed by atoms with Crippen LogP contribution in [0.1, 0.15) is 20.3 Å². The quantitative estimate of drug-likeness (QED) is 0.418. The first kappa shape index (κ1) is 9.99. The van der Waals surface area contributed by atoms with Crippen LogP contribution in [0.4, 0.5) is 0 Å². The number of nitrogens with two attached hydrogens (primary N) is 1. The van der Waals surface area contributed by atoms with E-state index >= 15 is 0 Å². The van der Waals surface area contributed by atoms with Gasteiger partial charge in [-0.05, 0) is 13.3 Å². The first-order valence-electron chi connectivity index (χ1n) is 2.07. The van der Waals surface area contributed by atoms with E-state index in [4.69, 9.17) is 10.8 Å².